The van der Waals surface area contributed by atoms with E-state index in [9.17, 15) is 25.0 Å². The highest BCUT2D eigenvalue weighted by Crippen LogP contribution is 2.22. The fourth-order valence-electron chi connectivity index (χ4n) is 2.32. The summed E-state index contributed by atoms with van der Waals surface area (Å²) in [6.07, 6.45) is 0.566. The second-order valence-corrected chi connectivity index (χ2v) is 5.82. The monoisotopic (exact) mass is 358 g/mol. The molecule has 0 unspecified atom stereocenters. The van der Waals surface area contributed by atoms with Crippen molar-refractivity contribution in [2.45, 2.75) is 6.42 Å². The molecule has 0 aromatic heterocycles. The van der Waals surface area contributed by atoms with Crippen LogP contribution in [0.1, 0.15) is 15.9 Å². The lowest BCUT2D eigenvalue weighted by Gasteiger charge is -2.12. The summed E-state index contributed by atoms with van der Waals surface area (Å²) in [7, 11) is 3.88. The van der Waals surface area contributed by atoms with Gasteiger partial charge in [0.25, 0.3) is 17.3 Å². The second-order valence-electron chi connectivity index (χ2n) is 5.82. The van der Waals surface area contributed by atoms with Crippen LogP contribution in [0.15, 0.2) is 42.5 Å². The van der Waals surface area contributed by atoms with Gasteiger partial charge in [0.1, 0.15) is 0 Å². The van der Waals surface area contributed by atoms with Gasteiger partial charge in [-0.1, -0.05) is 12.1 Å². The summed E-state index contributed by atoms with van der Waals surface area (Å²) in [4.78, 5) is 34.3. The third-order valence-corrected chi connectivity index (χ3v) is 3.74. The van der Waals surface area contributed by atoms with E-state index in [4.69, 9.17) is 0 Å². The molecular weight excluding hydrogens is 340 g/mol. The summed E-state index contributed by atoms with van der Waals surface area (Å²) in [6.45, 7) is 0.302. The van der Waals surface area contributed by atoms with Crippen LogP contribution < -0.4 is 10.2 Å². The van der Waals surface area contributed by atoms with E-state index in [1.165, 1.54) is 0 Å². The van der Waals surface area contributed by atoms with Gasteiger partial charge in [-0.3, -0.25) is 25.0 Å². The highest BCUT2D eigenvalue weighted by Gasteiger charge is 2.19. The van der Waals surface area contributed by atoms with Crippen LogP contribution in [-0.2, 0) is 6.42 Å². The zero-order valence-corrected chi connectivity index (χ0v) is 14.3. The van der Waals surface area contributed by atoms with Gasteiger partial charge in [-0.15, -0.1) is 0 Å². The van der Waals surface area contributed by atoms with Gasteiger partial charge in [-0.2, -0.15) is 0 Å². The van der Waals surface area contributed by atoms with E-state index in [1.54, 1.807) is 0 Å². The van der Waals surface area contributed by atoms with Crippen molar-refractivity contribution in [1.29, 1.82) is 0 Å². The number of carbonyl (C=O) groups is 1. The number of nitro benzene ring substituents is 2. The average Bonchev–Trinajstić information content (AvgIpc) is 2.61. The zero-order valence-electron chi connectivity index (χ0n) is 14.3. The van der Waals surface area contributed by atoms with Crippen molar-refractivity contribution in [3.8, 4) is 0 Å². The van der Waals surface area contributed by atoms with Gasteiger partial charge in [-0.05, 0) is 24.1 Å². The van der Waals surface area contributed by atoms with Crippen LogP contribution in [0.2, 0.25) is 0 Å². The standard InChI is InChI=1S/C17H18N4O5/c1-19(2)14-5-3-12(4-6-14)7-8-18-17(22)13-9-15(20(23)24)11-16(10-13)21(25)26/h3-6,9-11H,7-8H2,1-2H3,(H,18,22). The fraction of sp³-hybridized carbons (Fsp3) is 0.235. The summed E-state index contributed by atoms with van der Waals surface area (Å²) in [5.41, 5.74) is 0.962. The minimum absolute atomic E-state index is 0.117. The highest BCUT2D eigenvalue weighted by atomic mass is 16.6. The Hall–Kier alpha value is -3.49. The molecular formula is C17H18N4O5. The topological polar surface area (TPSA) is 119 Å². The molecule has 0 radical (unpaired) electrons. The number of benzene rings is 2. The number of non-ortho nitro benzene ring substituents is 2. The van der Waals surface area contributed by atoms with Crippen LogP contribution in [0, 0.1) is 20.2 Å². The molecule has 1 amide bonds. The maximum atomic E-state index is 12.2. The van der Waals surface area contributed by atoms with E-state index < -0.39 is 27.1 Å². The van der Waals surface area contributed by atoms with Crippen molar-refractivity contribution in [2.75, 3.05) is 25.5 Å². The van der Waals surface area contributed by atoms with Gasteiger partial charge in [0.15, 0.2) is 0 Å². The molecule has 2 rings (SSSR count). The number of hydrogen-bond acceptors (Lipinski definition) is 6. The molecule has 0 saturated heterocycles. The Bertz CT molecular complexity index is 801. The largest absolute Gasteiger partial charge is 0.378 e. The summed E-state index contributed by atoms with van der Waals surface area (Å²) >= 11 is 0. The number of anilines is 1. The third kappa shape index (κ3) is 4.76. The first-order valence-corrected chi connectivity index (χ1v) is 7.76. The Balaban J connectivity index is 2.03. The van der Waals surface area contributed by atoms with Gasteiger partial charge >= 0.3 is 0 Å². The van der Waals surface area contributed by atoms with Gasteiger partial charge in [0, 0.05) is 38.5 Å². The second kappa shape index (κ2) is 8.06. The van der Waals surface area contributed by atoms with Crippen LogP contribution in [-0.4, -0.2) is 36.4 Å². The lowest BCUT2D eigenvalue weighted by molar-refractivity contribution is -0.394. The highest BCUT2D eigenvalue weighted by molar-refractivity contribution is 5.95. The van der Waals surface area contributed by atoms with Crippen LogP contribution in [0.5, 0.6) is 0 Å². The van der Waals surface area contributed by atoms with E-state index in [-0.39, 0.29) is 5.56 Å². The number of nitrogens with one attached hydrogen (secondary N) is 1. The SMILES string of the molecule is CN(C)c1ccc(CCNC(=O)c2cc([N+](=O)[O-])cc([N+](=O)[O-])c2)cc1. The quantitative estimate of drug-likeness (QED) is 0.600. The fourth-order valence-corrected chi connectivity index (χ4v) is 2.32. The molecule has 0 saturated carbocycles. The lowest BCUT2D eigenvalue weighted by atomic mass is 10.1. The number of nitro groups is 2. The summed E-state index contributed by atoms with van der Waals surface area (Å²) in [5, 5.41) is 24.4. The molecule has 9 heteroatoms. The van der Waals surface area contributed by atoms with Gasteiger partial charge < -0.3 is 10.2 Å². The van der Waals surface area contributed by atoms with Crippen LogP contribution in [0.3, 0.4) is 0 Å². The Morgan fingerprint density at radius 3 is 2.00 bits per heavy atom. The van der Waals surface area contributed by atoms with Crippen molar-refractivity contribution in [2.24, 2.45) is 0 Å². The van der Waals surface area contributed by atoms with Crippen molar-refractivity contribution in [1.82, 2.24) is 5.32 Å². The van der Waals surface area contributed by atoms with E-state index in [2.05, 4.69) is 5.32 Å². The number of nitrogens with zero attached hydrogens (tertiary/aromatic N) is 3. The van der Waals surface area contributed by atoms with Crippen molar-refractivity contribution in [3.63, 3.8) is 0 Å². The molecule has 0 atom stereocenters. The third-order valence-electron chi connectivity index (χ3n) is 3.74. The van der Waals surface area contributed by atoms with Gasteiger partial charge in [0.05, 0.1) is 21.5 Å². The smallest absolute Gasteiger partial charge is 0.277 e. The van der Waals surface area contributed by atoms with Gasteiger partial charge in [0.2, 0.25) is 0 Å². The predicted molar refractivity (Wildman–Crippen MR) is 96.6 cm³/mol. The minimum Gasteiger partial charge on any atom is -0.378 e. The summed E-state index contributed by atoms with van der Waals surface area (Å²) in [6, 6.07) is 10.7. The molecule has 1 N–H and O–H groups in total. The van der Waals surface area contributed by atoms with Crippen LogP contribution in [0.25, 0.3) is 0 Å². The molecule has 0 heterocycles. The van der Waals surface area contributed by atoms with E-state index in [1.807, 2.05) is 43.3 Å². The summed E-state index contributed by atoms with van der Waals surface area (Å²) < 4.78 is 0. The van der Waals surface area contributed by atoms with Crippen molar-refractivity contribution in [3.05, 3.63) is 73.8 Å². The molecule has 2 aromatic rings. The molecule has 0 bridgehead atoms. The van der Waals surface area contributed by atoms with E-state index in [0.717, 1.165) is 29.4 Å². The molecule has 9 nitrogen and oxygen atoms in total. The summed E-state index contributed by atoms with van der Waals surface area (Å²) in [5.74, 6) is -0.596. The molecule has 0 aliphatic heterocycles. The first-order valence-electron chi connectivity index (χ1n) is 7.76. The number of rotatable bonds is 7. The van der Waals surface area contributed by atoms with Crippen molar-refractivity contribution < 1.29 is 14.6 Å². The normalized spacial score (nSPS) is 10.2. The molecule has 26 heavy (non-hydrogen) atoms. The first-order chi connectivity index (χ1) is 12.3. The Morgan fingerprint density at radius 2 is 1.54 bits per heavy atom. The van der Waals surface area contributed by atoms with Crippen LogP contribution >= 0.6 is 0 Å². The predicted octanol–water partition coefficient (Wildman–Crippen LogP) is 2.54. The molecule has 0 fully saturated rings. The number of hydrogen-bond donors (Lipinski definition) is 1. The first kappa shape index (κ1) is 18.8. The maximum absolute atomic E-state index is 12.2. The molecule has 0 aliphatic carbocycles. The number of amides is 1. The molecule has 2 aromatic carbocycles. The molecule has 0 aliphatic rings. The Kier molecular flexibility index (Phi) is 5.84. The minimum atomic E-state index is -0.768. The number of carbonyl (C=O) groups excluding carboxylic acids is 1. The van der Waals surface area contributed by atoms with E-state index in [0.29, 0.717) is 13.0 Å². The van der Waals surface area contributed by atoms with Crippen molar-refractivity contribution >= 4 is 23.0 Å². The Morgan fingerprint density at radius 1 is 1.00 bits per heavy atom. The maximum Gasteiger partial charge on any atom is 0.277 e. The average molecular weight is 358 g/mol. The molecule has 0 spiro atoms. The zero-order chi connectivity index (χ0) is 19.3. The van der Waals surface area contributed by atoms with E-state index >= 15 is 0 Å². The molecule has 136 valence electrons. The Labute approximate surface area is 149 Å². The lowest BCUT2D eigenvalue weighted by Crippen LogP contribution is -2.25. The van der Waals surface area contributed by atoms with Gasteiger partial charge in [-0.25, -0.2) is 0 Å². The van der Waals surface area contributed by atoms with Crippen LogP contribution in [0.4, 0.5) is 17.1 Å².